The molecule has 5 atom stereocenters. The minimum Gasteiger partial charge on any atom is -0.508 e. The normalized spacial score (nSPS) is 29.4. The van der Waals surface area contributed by atoms with Crippen LogP contribution in [-0.2, 0) is 20.7 Å². The standard InChI is InChI=1S/C17H25NO7/c1-10(20)18-14-16(23)15(22)13(9-19)25-17(14)24-8-2-3-11-4-6-12(21)7-5-11/h4-7,13-17,19,21-23H,2-3,8-9H2,1H3,(H,18,20)/t13-,14-,15-,16-,17-/m1/s1. The zero-order chi connectivity index (χ0) is 18.4. The summed E-state index contributed by atoms with van der Waals surface area (Å²) >= 11 is 0. The van der Waals surface area contributed by atoms with Gasteiger partial charge < -0.3 is 35.2 Å². The molecule has 1 amide bonds. The summed E-state index contributed by atoms with van der Waals surface area (Å²) in [6.45, 7) is 1.11. The Labute approximate surface area is 146 Å². The van der Waals surface area contributed by atoms with Crippen molar-refractivity contribution in [3.05, 3.63) is 29.8 Å². The summed E-state index contributed by atoms with van der Waals surface area (Å²) in [5, 5.41) is 41.1. The fourth-order valence-electron chi connectivity index (χ4n) is 2.75. The molecule has 0 aromatic heterocycles. The summed E-state index contributed by atoms with van der Waals surface area (Å²) in [5.41, 5.74) is 1.04. The van der Waals surface area contributed by atoms with Gasteiger partial charge in [-0.15, -0.1) is 0 Å². The molecule has 140 valence electrons. The Morgan fingerprint density at radius 3 is 2.52 bits per heavy atom. The molecule has 0 bridgehead atoms. The molecule has 0 saturated carbocycles. The van der Waals surface area contributed by atoms with Gasteiger partial charge in [0.1, 0.15) is 30.1 Å². The molecule has 1 heterocycles. The van der Waals surface area contributed by atoms with Crippen LogP contribution in [0, 0.1) is 0 Å². The zero-order valence-corrected chi connectivity index (χ0v) is 14.0. The van der Waals surface area contributed by atoms with E-state index in [9.17, 15) is 25.2 Å². The lowest BCUT2D eigenvalue weighted by atomic mass is 9.97. The summed E-state index contributed by atoms with van der Waals surface area (Å²) < 4.78 is 11.1. The maximum absolute atomic E-state index is 11.3. The lowest BCUT2D eigenvalue weighted by Crippen LogP contribution is -2.64. The number of benzene rings is 1. The first-order chi connectivity index (χ1) is 11.9. The topological polar surface area (TPSA) is 128 Å². The zero-order valence-electron chi connectivity index (χ0n) is 14.0. The van der Waals surface area contributed by atoms with Gasteiger partial charge in [0.25, 0.3) is 0 Å². The molecule has 1 saturated heterocycles. The van der Waals surface area contributed by atoms with Gasteiger partial charge in [0.15, 0.2) is 6.29 Å². The Balaban J connectivity index is 1.89. The number of carbonyl (C=O) groups is 1. The molecule has 0 radical (unpaired) electrons. The fourth-order valence-corrected chi connectivity index (χ4v) is 2.75. The average molecular weight is 355 g/mol. The summed E-state index contributed by atoms with van der Waals surface area (Å²) in [6.07, 6.45) is -3.22. The molecular weight excluding hydrogens is 330 g/mol. The van der Waals surface area contributed by atoms with Crippen LogP contribution in [0.1, 0.15) is 18.9 Å². The van der Waals surface area contributed by atoms with E-state index in [4.69, 9.17) is 9.47 Å². The summed E-state index contributed by atoms with van der Waals surface area (Å²) in [4.78, 5) is 11.3. The number of amides is 1. The lowest BCUT2D eigenvalue weighted by molar-refractivity contribution is -0.270. The molecule has 25 heavy (non-hydrogen) atoms. The van der Waals surface area contributed by atoms with Crippen molar-refractivity contribution >= 4 is 5.91 Å². The van der Waals surface area contributed by atoms with Crippen LogP contribution in [0.4, 0.5) is 0 Å². The molecule has 1 aromatic carbocycles. The van der Waals surface area contributed by atoms with E-state index in [1.807, 2.05) is 12.1 Å². The second-order valence-electron chi connectivity index (χ2n) is 6.07. The van der Waals surface area contributed by atoms with Gasteiger partial charge in [0, 0.05) is 6.92 Å². The second kappa shape index (κ2) is 9.12. The van der Waals surface area contributed by atoms with Crippen LogP contribution in [0.5, 0.6) is 5.75 Å². The van der Waals surface area contributed by atoms with Gasteiger partial charge >= 0.3 is 0 Å². The Bertz CT molecular complexity index is 550. The van der Waals surface area contributed by atoms with Crippen LogP contribution in [-0.4, -0.2) is 70.2 Å². The minimum atomic E-state index is -1.32. The summed E-state index contributed by atoms with van der Waals surface area (Å²) in [5.74, 6) is -0.184. The van der Waals surface area contributed by atoms with Gasteiger partial charge in [-0.1, -0.05) is 12.1 Å². The Morgan fingerprint density at radius 1 is 1.24 bits per heavy atom. The largest absolute Gasteiger partial charge is 0.508 e. The van der Waals surface area contributed by atoms with Gasteiger partial charge in [-0.25, -0.2) is 0 Å². The van der Waals surface area contributed by atoms with Crippen molar-refractivity contribution in [2.45, 2.75) is 50.4 Å². The van der Waals surface area contributed by atoms with Gasteiger partial charge in [0.05, 0.1) is 13.2 Å². The number of ether oxygens (including phenoxy) is 2. The molecule has 0 aliphatic carbocycles. The maximum Gasteiger partial charge on any atom is 0.217 e. The first kappa shape index (κ1) is 19.6. The van der Waals surface area contributed by atoms with Crippen LogP contribution < -0.4 is 5.32 Å². The van der Waals surface area contributed by atoms with Gasteiger partial charge in [0.2, 0.25) is 5.91 Å². The Morgan fingerprint density at radius 2 is 1.92 bits per heavy atom. The Kier molecular flexibility index (Phi) is 7.15. The molecular formula is C17H25NO7. The van der Waals surface area contributed by atoms with E-state index in [0.29, 0.717) is 19.4 Å². The van der Waals surface area contributed by atoms with Gasteiger partial charge in [-0.05, 0) is 30.5 Å². The van der Waals surface area contributed by atoms with Crippen molar-refractivity contribution in [3.8, 4) is 5.75 Å². The number of phenolic OH excluding ortho intramolecular Hbond substituents is 1. The predicted octanol–water partition coefficient (Wildman–Crippen LogP) is -0.715. The van der Waals surface area contributed by atoms with Gasteiger partial charge in [-0.3, -0.25) is 4.79 Å². The number of aromatic hydroxyl groups is 1. The van der Waals surface area contributed by atoms with Crippen molar-refractivity contribution in [2.24, 2.45) is 0 Å². The van der Waals surface area contributed by atoms with E-state index in [1.165, 1.54) is 6.92 Å². The van der Waals surface area contributed by atoms with E-state index < -0.39 is 37.3 Å². The minimum absolute atomic E-state index is 0.205. The van der Waals surface area contributed by atoms with E-state index in [-0.39, 0.29) is 11.7 Å². The van der Waals surface area contributed by atoms with Gasteiger partial charge in [-0.2, -0.15) is 0 Å². The number of aryl methyl sites for hydroxylation is 1. The third kappa shape index (κ3) is 5.38. The SMILES string of the molecule is CC(=O)N[C@H]1[C@H](OCCCc2ccc(O)cc2)O[C@H](CO)[C@@H](O)[C@@H]1O. The van der Waals surface area contributed by atoms with E-state index in [0.717, 1.165) is 5.56 Å². The third-order valence-corrected chi connectivity index (χ3v) is 4.08. The lowest BCUT2D eigenvalue weighted by Gasteiger charge is -2.42. The number of hydrogen-bond acceptors (Lipinski definition) is 7. The number of rotatable bonds is 7. The monoisotopic (exact) mass is 355 g/mol. The molecule has 0 unspecified atom stereocenters. The highest BCUT2D eigenvalue weighted by Crippen LogP contribution is 2.22. The first-order valence-electron chi connectivity index (χ1n) is 8.21. The number of hydrogen-bond donors (Lipinski definition) is 5. The molecule has 1 aliphatic rings. The van der Waals surface area contributed by atoms with E-state index in [2.05, 4.69) is 5.32 Å². The van der Waals surface area contributed by atoms with Crippen molar-refractivity contribution in [3.63, 3.8) is 0 Å². The van der Waals surface area contributed by atoms with Crippen molar-refractivity contribution in [2.75, 3.05) is 13.2 Å². The summed E-state index contributed by atoms with van der Waals surface area (Å²) in [6, 6.07) is 5.92. The number of aliphatic hydroxyl groups excluding tert-OH is 3. The summed E-state index contributed by atoms with van der Waals surface area (Å²) in [7, 11) is 0. The molecule has 0 spiro atoms. The average Bonchev–Trinajstić information content (AvgIpc) is 2.58. The smallest absolute Gasteiger partial charge is 0.217 e. The molecule has 8 heteroatoms. The molecule has 5 N–H and O–H groups in total. The van der Waals surface area contributed by atoms with Crippen molar-refractivity contribution in [1.82, 2.24) is 5.32 Å². The molecule has 1 aromatic rings. The van der Waals surface area contributed by atoms with Crippen LogP contribution in [0.25, 0.3) is 0 Å². The van der Waals surface area contributed by atoms with Crippen LogP contribution in [0.2, 0.25) is 0 Å². The molecule has 1 fully saturated rings. The van der Waals surface area contributed by atoms with E-state index >= 15 is 0 Å². The van der Waals surface area contributed by atoms with Crippen molar-refractivity contribution in [1.29, 1.82) is 0 Å². The Hall–Kier alpha value is -1.71. The molecule has 8 nitrogen and oxygen atoms in total. The van der Waals surface area contributed by atoms with Crippen LogP contribution >= 0.6 is 0 Å². The number of carbonyl (C=O) groups excluding carboxylic acids is 1. The number of nitrogens with one attached hydrogen (secondary N) is 1. The second-order valence-corrected chi connectivity index (χ2v) is 6.07. The fraction of sp³-hybridized carbons (Fsp3) is 0.588. The highest BCUT2D eigenvalue weighted by molar-refractivity contribution is 5.73. The third-order valence-electron chi connectivity index (χ3n) is 4.08. The molecule has 2 rings (SSSR count). The highest BCUT2D eigenvalue weighted by Gasteiger charge is 2.45. The maximum atomic E-state index is 11.3. The van der Waals surface area contributed by atoms with Crippen molar-refractivity contribution < 1.29 is 34.7 Å². The van der Waals surface area contributed by atoms with E-state index in [1.54, 1.807) is 12.1 Å². The highest BCUT2D eigenvalue weighted by atomic mass is 16.7. The predicted molar refractivity (Wildman–Crippen MR) is 87.7 cm³/mol. The first-order valence-corrected chi connectivity index (χ1v) is 8.21. The number of phenols is 1. The van der Waals surface area contributed by atoms with Crippen LogP contribution in [0.3, 0.4) is 0 Å². The van der Waals surface area contributed by atoms with Crippen LogP contribution in [0.15, 0.2) is 24.3 Å². The molecule has 1 aliphatic heterocycles. The number of aliphatic hydroxyl groups is 3. The quantitative estimate of drug-likeness (QED) is 0.409.